The maximum absolute atomic E-state index is 13.0. The molecular weight excluding hydrogens is 324 g/mol. The molecule has 2 aliphatic heterocycles. The molecule has 0 aliphatic carbocycles. The van der Waals surface area contributed by atoms with Crippen LogP contribution in [0.2, 0.25) is 0 Å². The number of nitrogens with one attached hydrogen (secondary N) is 2. The fourth-order valence-corrected chi connectivity index (χ4v) is 3.82. The quantitative estimate of drug-likeness (QED) is 0.878. The molecule has 128 valence electrons. The molecule has 0 spiro atoms. The van der Waals surface area contributed by atoms with Gasteiger partial charge in [-0.25, -0.2) is 0 Å². The second-order valence-corrected chi connectivity index (χ2v) is 6.61. The van der Waals surface area contributed by atoms with E-state index in [1.165, 1.54) is 5.56 Å². The van der Waals surface area contributed by atoms with E-state index in [2.05, 4.69) is 46.7 Å². The minimum absolute atomic E-state index is 0. The first-order valence-corrected chi connectivity index (χ1v) is 8.37. The van der Waals surface area contributed by atoms with Crippen molar-refractivity contribution in [2.24, 2.45) is 0 Å². The lowest BCUT2D eigenvalue weighted by atomic mass is 9.97. The lowest BCUT2D eigenvalue weighted by Gasteiger charge is -2.22. The number of nitrogens with zero attached hydrogens (tertiary/aromatic N) is 2. The van der Waals surface area contributed by atoms with E-state index in [9.17, 15) is 4.79 Å². The Morgan fingerprint density at radius 2 is 2.08 bits per heavy atom. The van der Waals surface area contributed by atoms with E-state index in [1.807, 2.05) is 11.0 Å². The number of fused-ring (bicyclic) bond motifs is 1. The highest BCUT2D eigenvalue weighted by Gasteiger charge is 2.36. The molecule has 0 radical (unpaired) electrons. The molecule has 2 atom stereocenters. The van der Waals surface area contributed by atoms with Crippen LogP contribution >= 0.6 is 12.4 Å². The molecule has 0 bridgehead atoms. The van der Waals surface area contributed by atoms with Gasteiger partial charge in [0.15, 0.2) is 5.69 Å². The molecule has 2 N–H and O–H groups in total. The van der Waals surface area contributed by atoms with E-state index < -0.39 is 0 Å². The maximum Gasteiger partial charge on any atom is 0.274 e. The van der Waals surface area contributed by atoms with Crippen molar-refractivity contribution >= 4 is 18.3 Å². The summed E-state index contributed by atoms with van der Waals surface area (Å²) in [7, 11) is 0. The Morgan fingerprint density at radius 1 is 1.29 bits per heavy atom. The molecule has 0 saturated carbocycles. The molecule has 24 heavy (non-hydrogen) atoms. The number of aromatic nitrogens is 2. The van der Waals surface area contributed by atoms with Crippen LogP contribution in [0.1, 0.15) is 46.6 Å². The summed E-state index contributed by atoms with van der Waals surface area (Å²) in [4.78, 5) is 15.0. The second-order valence-electron chi connectivity index (χ2n) is 6.61. The minimum atomic E-state index is 0. The number of hydrogen-bond acceptors (Lipinski definition) is 3. The van der Waals surface area contributed by atoms with Gasteiger partial charge in [-0.2, -0.15) is 5.10 Å². The summed E-state index contributed by atoms with van der Waals surface area (Å²) in [5.74, 6) is 0.486. The summed E-state index contributed by atoms with van der Waals surface area (Å²) in [5, 5.41) is 10.7. The molecule has 1 aromatic heterocycles. The second kappa shape index (κ2) is 6.95. The molecular formula is C18H23ClN4O. The van der Waals surface area contributed by atoms with Gasteiger partial charge < -0.3 is 10.2 Å². The van der Waals surface area contributed by atoms with Crippen molar-refractivity contribution in [1.82, 2.24) is 20.4 Å². The number of H-pyrrole nitrogens is 1. The zero-order chi connectivity index (χ0) is 15.8. The molecule has 2 aromatic rings. The Hall–Kier alpha value is -1.85. The first-order valence-electron chi connectivity index (χ1n) is 8.37. The van der Waals surface area contributed by atoms with Crippen molar-refractivity contribution in [2.75, 3.05) is 13.1 Å². The Bertz CT molecular complexity index is 715. The topological polar surface area (TPSA) is 61.0 Å². The van der Waals surface area contributed by atoms with E-state index in [-0.39, 0.29) is 24.4 Å². The molecule has 1 aromatic carbocycles. The Labute approximate surface area is 148 Å². The lowest BCUT2D eigenvalue weighted by molar-refractivity contribution is 0.0738. The van der Waals surface area contributed by atoms with Gasteiger partial charge >= 0.3 is 0 Å². The molecule has 2 aliphatic rings. The van der Waals surface area contributed by atoms with Gasteiger partial charge in [0.1, 0.15) is 0 Å². The van der Waals surface area contributed by atoms with Crippen molar-refractivity contribution in [3.8, 4) is 0 Å². The largest absolute Gasteiger partial charge is 0.334 e. The summed E-state index contributed by atoms with van der Waals surface area (Å²) in [6.45, 7) is 4.59. The van der Waals surface area contributed by atoms with E-state index in [4.69, 9.17) is 0 Å². The molecule has 1 amide bonds. The summed E-state index contributed by atoms with van der Waals surface area (Å²) in [6, 6.07) is 10.7. The number of amides is 1. The fraction of sp³-hybridized carbons (Fsp3) is 0.444. The van der Waals surface area contributed by atoms with Crippen LogP contribution in [0.3, 0.4) is 0 Å². The number of rotatable bonds is 2. The first-order chi connectivity index (χ1) is 11.2. The molecule has 4 rings (SSSR count). The molecule has 5 nitrogen and oxygen atoms in total. The van der Waals surface area contributed by atoms with Gasteiger partial charge in [0, 0.05) is 49.3 Å². The van der Waals surface area contributed by atoms with Crippen molar-refractivity contribution in [2.45, 2.75) is 38.3 Å². The average molecular weight is 347 g/mol. The number of likely N-dealkylation sites (tertiary alicyclic amines) is 1. The van der Waals surface area contributed by atoms with Crippen molar-refractivity contribution < 1.29 is 4.79 Å². The standard InChI is InChI=1S/C18H22N4O.ClH/c1-12-9-14(13-5-3-2-4-6-13)11-22(12)18(23)17-15-10-19-8-7-16(15)20-21-17;/h2-6,12,14,19H,7-11H2,1H3,(H,20,21);1H. The maximum atomic E-state index is 13.0. The first kappa shape index (κ1) is 17.0. The van der Waals surface area contributed by atoms with E-state index >= 15 is 0 Å². The third-order valence-corrected chi connectivity index (χ3v) is 5.12. The van der Waals surface area contributed by atoms with Gasteiger partial charge in [-0.3, -0.25) is 9.89 Å². The van der Waals surface area contributed by atoms with Crippen LogP contribution in [-0.4, -0.2) is 40.1 Å². The normalized spacial score (nSPS) is 22.8. The van der Waals surface area contributed by atoms with Gasteiger partial charge in [-0.15, -0.1) is 12.4 Å². The highest BCUT2D eigenvalue weighted by atomic mass is 35.5. The highest BCUT2D eigenvalue weighted by Crippen LogP contribution is 2.32. The van der Waals surface area contributed by atoms with E-state index in [0.717, 1.165) is 43.7 Å². The number of carbonyl (C=O) groups excluding carboxylic acids is 1. The van der Waals surface area contributed by atoms with Gasteiger partial charge in [0.2, 0.25) is 0 Å². The van der Waals surface area contributed by atoms with E-state index in [1.54, 1.807) is 0 Å². The van der Waals surface area contributed by atoms with Crippen LogP contribution in [0.4, 0.5) is 0 Å². The predicted molar refractivity (Wildman–Crippen MR) is 95.5 cm³/mol. The number of hydrogen-bond donors (Lipinski definition) is 2. The SMILES string of the molecule is CC1CC(c2ccccc2)CN1C(=O)c1n[nH]c2c1CNCC2.Cl. The predicted octanol–water partition coefficient (Wildman–Crippen LogP) is 2.50. The van der Waals surface area contributed by atoms with Gasteiger partial charge in [-0.1, -0.05) is 30.3 Å². The van der Waals surface area contributed by atoms with Crippen molar-refractivity contribution in [3.05, 3.63) is 52.8 Å². The summed E-state index contributed by atoms with van der Waals surface area (Å²) < 4.78 is 0. The van der Waals surface area contributed by atoms with Crippen molar-refractivity contribution in [3.63, 3.8) is 0 Å². The van der Waals surface area contributed by atoms with Gasteiger partial charge in [0.25, 0.3) is 5.91 Å². The van der Waals surface area contributed by atoms with E-state index in [0.29, 0.717) is 11.6 Å². The number of benzene rings is 1. The van der Waals surface area contributed by atoms with Gasteiger partial charge in [-0.05, 0) is 18.9 Å². The van der Waals surface area contributed by atoms with Gasteiger partial charge in [0.05, 0.1) is 0 Å². The Balaban J connectivity index is 0.00000169. The van der Waals surface area contributed by atoms with Crippen LogP contribution in [-0.2, 0) is 13.0 Å². The smallest absolute Gasteiger partial charge is 0.274 e. The third-order valence-electron chi connectivity index (χ3n) is 5.12. The minimum Gasteiger partial charge on any atom is -0.334 e. The molecule has 1 fully saturated rings. The Morgan fingerprint density at radius 3 is 2.88 bits per heavy atom. The molecule has 1 saturated heterocycles. The zero-order valence-electron chi connectivity index (χ0n) is 13.8. The monoisotopic (exact) mass is 346 g/mol. The van der Waals surface area contributed by atoms with Crippen LogP contribution in [0.5, 0.6) is 0 Å². The summed E-state index contributed by atoms with van der Waals surface area (Å²) in [5.41, 5.74) is 4.09. The zero-order valence-corrected chi connectivity index (χ0v) is 14.6. The molecule has 2 unspecified atom stereocenters. The average Bonchev–Trinajstić information content (AvgIpc) is 3.19. The lowest BCUT2D eigenvalue weighted by Crippen LogP contribution is -2.35. The van der Waals surface area contributed by atoms with Crippen molar-refractivity contribution in [1.29, 1.82) is 0 Å². The molecule has 6 heteroatoms. The number of halogens is 1. The number of aromatic amines is 1. The molecule has 3 heterocycles. The van der Waals surface area contributed by atoms with Crippen LogP contribution in [0.15, 0.2) is 30.3 Å². The third kappa shape index (κ3) is 2.94. The summed E-state index contributed by atoms with van der Waals surface area (Å²) >= 11 is 0. The summed E-state index contributed by atoms with van der Waals surface area (Å²) in [6.07, 6.45) is 1.93. The Kier molecular flexibility index (Phi) is 4.92. The van der Waals surface area contributed by atoms with Crippen LogP contribution in [0.25, 0.3) is 0 Å². The van der Waals surface area contributed by atoms with Crippen LogP contribution in [0, 0.1) is 0 Å². The fourth-order valence-electron chi connectivity index (χ4n) is 3.82. The van der Waals surface area contributed by atoms with Crippen LogP contribution < -0.4 is 5.32 Å². The highest BCUT2D eigenvalue weighted by molar-refractivity contribution is 5.94. The number of carbonyl (C=O) groups is 1.